The van der Waals surface area contributed by atoms with Crippen LogP contribution in [0.1, 0.15) is 45.7 Å². The largest absolute Gasteiger partial charge is 0.316 e. The standard InChI is InChI=1S/C13H13N3/c1-2-16-13-5-11-9-3-8(6-14-7-9)10(11)4-12(13)15-1/h1-2,4-5,8-9,14H,3,6-7H2/t8-,9+/i1D,2D,3D2,4D,5D,6D2,7D2,8D,9D/hD. The Hall–Kier alpha value is -1.48. The van der Waals surface area contributed by atoms with Crippen LogP contribution in [-0.4, -0.2) is 23.0 Å². The van der Waals surface area contributed by atoms with Gasteiger partial charge in [-0.05, 0) is 41.4 Å². The molecule has 80 valence electrons. The average molecular weight is 224 g/mol. The third-order valence-electron chi connectivity index (χ3n) is 2.43. The molecule has 3 nitrogen and oxygen atoms in total. The van der Waals surface area contributed by atoms with Crippen LogP contribution in [0.3, 0.4) is 0 Å². The van der Waals surface area contributed by atoms with E-state index in [0.717, 1.165) is 0 Å². The SMILES string of the molecule is [2H]c1nc2c([2H])c3c(c([2H])c2nc1[2H])[C@]1([2H])C([2H])([2H])N([2H])C([2H])([2H])[C@@]3([2H])C1([2H])[2H]. The van der Waals surface area contributed by atoms with Crippen molar-refractivity contribution in [2.45, 2.75) is 18.2 Å². The summed E-state index contributed by atoms with van der Waals surface area (Å²) in [6.45, 7) is -6.67. The second-order valence-corrected chi connectivity index (χ2v) is 3.35. The van der Waals surface area contributed by atoms with Gasteiger partial charge < -0.3 is 5.31 Å². The summed E-state index contributed by atoms with van der Waals surface area (Å²) < 4.78 is 107. The van der Waals surface area contributed by atoms with Crippen molar-refractivity contribution in [3.8, 4) is 0 Å². The van der Waals surface area contributed by atoms with Crippen molar-refractivity contribution < 1.29 is 17.9 Å². The van der Waals surface area contributed by atoms with Crippen LogP contribution in [0.4, 0.5) is 0 Å². The minimum absolute atomic E-state index is 0.294. The van der Waals surface area contributed by atoms with Crippen molar-refractivity contribution in [1.29, 1.82) is 0 Å². The zero-order chi connectivity index (χ0) is 22.1. The third-order valence-corrected chi connectivity index (χ3v) is 2.43. The summed E-state index contributed by atoms with van der Waals surface area (Å²) in [5.41, 5.74) is -2.46. The van der Waals surface area contributed by atoms with Crippen LogP contribution in [0.5, 0.6) is 0 Å². The summed E-state index contributed by atoms with van der Waals surface area (Å²) in [4.78, 5) is 7.39. The third kappa shape index (κ3) is 1.06. The van der Waals surface area contributed by atoms with Gasteiger partial charge in [-0.3, -0.25) is 9.97 Å². The Balaban J connectivity index is 2.33. The highest BCUT2D eigenvalue weighted by Gasteiger charge is 2.34. The van der Waals surface area contributed by atoms with Crippen LogP contribution >= 0.6 is 0 Å². The van der Waals surface area contributed by atoms with Crippen molar-refractivity contribution in [2.75, 3.05) is 13.0 Å². The van der Waals surface area contributed by atoms with E-state index in [-0.39, 0.29) is 5.31 Å². The lowest BCUT2D eigenvalue weighted by molar-refractivity contribution is 0.454. The first-order valence-electron chi connectivity index (χ1n) is 11.0. The molecule has 1 saturated heterocycles. The van der Waals surface area contributed by atoms with Gasteiger partial charge in [-0.25, -0.2) is 0 Å². The van der Waals surface area contributed by atoms with Gasteiger partial charge in [-0.1, -0.05) is 0 Å². The molecule has 1 fully saturated rings. The molecule has 1 aromatic heterocycles. The fourth-order valence-corrected chi connectivity index (χ4v) is 1.74. The summed E-state index contributed by atoms with van der Waals surface area (Å²) in [5.74, 6) is -6.26. The number of nitrogens with one attached hydrogen (secondary N) is 1. The molecule has 0 unspecified atom stereocenters. The van der Waals surface area contributed by atoms with Crippen LogP contribution < -0.4 is 5.31 Å². The molecule has 2 atom stereocenters. The van der Waals surface area contributed by atoms with E-state index in [0.29, 0.717) is 0 Å². The van der Waals surface area contributed by atoms with E-state index in [1.54, 1.807) is 0 Å². The number of benzene rings is 1. The Morgan fingerprint density at radius 1 is 1.25 bits per heavy atom. The van der Waals surface area contributed by atoms with Crippen LogP contribution in [0.15, 0.2) is 24.4 Å². The fraction of sp³-hybridized carbons (Fsp3) is 0.385. The van der Waals surface area contributed by atoms with Gasteiger partial charge in [-0.2, -0.15) is 0 Å². The number of hydrogen-bond acceptors (Lipinski definition) is 3. The predicted octanol–water partition coefficient (Wildman–Crippen LogP) is 1.80. The summed E-state index contributed by atoms with van der Waals surface area (Å²) >= 11 is 0. The second kappa shape index (κ2) is 3.01. The molecule has 2 aromatic rings. The van der Waals surface area contributed by atoms with Crippen LogP contribution in [0.25, 0.3) is 11.0 Å². The van der Waals surface area contributed by atoms with E-state index in [9.17, 15) is 0 Å². The normalized spacial score (nSPS) is 58.6. The molecule has 1 N–H and O–H groups in total. The highest BCUT2D eigenvalue weighted by Crippen LogP contribution is 2.44. The second-order valence-electron chi connectivity index (χ2n) is 3.35. The molecular formula is C13H13N3. The molecule has 0 amide bonds. The zero-order valence-corrected chi connectivity index (χ0v) is 7.84. The first kappa shape index (κ1) is 2.85. The monoisotopic (exact) mass is 224 g/mol. The van der Waals surface area contributed by atoms with Gasteiger partial charge in [0.05, 0.1) is 16.5 Å². The molecule has 4 rings (SSSR count). The lowest BCUT2D eigenvalue weighted by atomic mass is 9.98. The summed E-state index contributed by atoms with van der Waals surface area (Å²) in [7, 11) is 0. The van der Waals surface area contributed by atoms with Crippen molar-refractivity contribution in [1.82, 2.24) is 15.3 Å². The Morgan fingerprint density at radius 3 is 2.38 bits per heavy atom. The zero-order valence-electron chi connectivity index (χ0n) is 20.8. The minimum Gasteiger partial charge on any atom is -0.316 e. The molecule has 3 heteroatoms. The van der Waals surface area contributed by atoms with E-state index in [4.69, 9.17) is 17.9 Å². The van der Waals surface area contributed by atoms with Gasteiger partial charge in [0, 0.05) is 36.3 Å². The molecule has 1 aromatic carbocycles. The quantitative estimate of drug-likeness (QED) is 0.741. The van der Waals surface area contributed by atoms with Gasteiger partial charge in [-0.15, -0.1) is 0 Å². The maximum atomic E-state index is 8.71. The molecule has 2 bridgehead atoms. The Morgan fingerprint density at radius 2 is 1.81 bits per heavy atom. The molecule has 16 heavy (non-hydrogen) atoms. The first-order valence-corrected chi connectivity index (χ1v) is 4.59. The molecule has 1 aliphatic heterocycles. The molecule has 0 radical (unpaired) electrons. The smallest absolute Gasteiger partial charge is 0.122 e. The lowest BCUT2D eigenvalue weighted by Gasteiger charge is -2.19. The molecular weight excluding hydrogens is 198 g/mol. The van der Waals surface area contributed by atoms with Gasteiger partial charge >= 0.3 is 0 Å². The number of aromatic nitrogens is 2. The van der Waals surface area contributed by atoms with Crippen molar-refractivity contribution in [2.24, 2.45) is 0 Å². The summed E-state index contributed by atoms with van der Waals surface area (Å²) in [6, 6.07) is -1.56. The number of hydrogen-bond donors (Lipinski definition) is 1. The number of piperidine rings is 1. The minimum atomic E-state index is -3.34. The van der Waals surface area contributed by atoms with Gasteiger partial charge in [0.1, 0.15) is 1.41 Å². The lowest BCUT2D eigenvalue weighted by Crippen LogP contribution is -2.28. The van der Waals surface area contributed by atoms with E-state index >= 15 is 0 Å². The number of rotatable bonds is 0. The van der Waals surface area contributed by atoms with Crippen LogP contribution in [-0.2, 0) is 0 Å². The number of fused-ring (bicyclic) bond motifs is 6. The van der Waals surface area contributed by atoms with E-state index in [1.165, 1.54) is 0 Å². The van der Waals surface area contributed by atoms with Gasteiger partial charge in [0.25, 0.3) is 0 Å². The molecule has 2 aliphatic rings. The van der Waals surface area contributed by atoms with Gasteiger partial charge in [0.15, 0.2) is 0 Å². The first-order chi connectivity index (χ1) is 13.0. The van der Waals surface area contributed by atoms with Crippen molar-refractivity contribution in [3.05, 3.63) is 35.6 Å². The highest BCUT2D eigenvalue weighted by molar-refractivity contribution is 5.77. The van der Waals surface area contributed by atoms with E-state index in [2.05, 4.69) is 9.97 Å². The maximum absolute atomic E-state index is 8.71. The molecule has 1 aliphatic carbocycles. The molecule has 2 heterocycles. The Labute approximate surface area is 112 Å². The van der Waals surface area contributed by atoms with E-state index in [1.807, 2.05) is 0 Å². The fourth-order valence-electron chi connectivity index (χ4n) is 1.74. The average Bonchev–Trinajstić information content (AvgIpc) is 2.75. The predicted molar refractivity (Wildman–Crippen MR) is 62.5 cm³/mol. The highest BCUT2D eigenvalue weighted by atomic mass is 14.9. The van der Waals surface area contributed by atoms with Crippen molar-refractivity contribution in [3.63, 3.8) is 0 Å². The number of nitrogens with zero attached hydrogens (tertiary/aromatic N) is 2. The Kier molecular flexibility index (Phi) is 0.537. The summed E-state index contributed by atoms with van der Waals surface area (Å²) in [5, 5.41) is -0.294. The Bertz CT molecular complexity index is 1020. The van der Waals surface area contributed by atoms with Gasteiger partial charge in [0.2, 0.25) is 0 Å². The van der Waals surface area contributed by atoms with E-state index < -0.39 is 77.7 Å². The van der Waals surface area contributed by atoms with Crippen LogP contribution in [0.2, 0.25) is 1.41 Å². The summed E-state index contributed by atoms with van der Waals surface area (Å²) in [6.07, 6.45) is -4.62. The molecule has 0 saturated carbocycles. The maximum Gasteiger partial charge on any atom is 0.122 e. The van der Waals surface area contributed by atoms with Crippen molar-refractivity contribution >= 4 is 11.0 Å². The van der Waals surface area contributed by atoms with Crippen LogP contribution in [0, 0.1) is 0 Å². The topological polar surface area (TPSA) is 37.8 Å². The molecule has 0 spiro atoms.